The number of nitrogens with zero attached hydrogens (tertiary/aromatic N) is 4. The van der Waals surface area contributed by atoms with E-state index in [1.165, 1.54) is 25.9 Å². The standard InChI is InChI=1S/C11H15IN4/c12-10-7-13-8-14-11(10)16-5-3-15(4-6-16)9-1-2-9/h7-9H,1-6H2. The van der Waals surface area contributed by atoms with E-state index < -0.39 is 0 Å². The van der Waals surface area contributed by atoms with Crippen molar-refractivity contribution in [3.05, 3.63) is 16.1 Å². The Bertz CT molecular complexity index is 372. The molecule has 1 aliphatic heterocycles. The SMILES string of the molecule is Ic1cncnc1N1CCN(C2CC2)CC1. The van der Waals surface area contributed by atoms with Crippen molar-refractivity contribution in [3.8, 4) is 0 Å². The number of hydrogen-bond donors (Lipinski definition) is 0. The molecule has 4 nitrogen and oxygen atoms in total. The van der Waals surface area contributed by atoms with Gasteiger partial charge in [-0.15, -0.1) is 0 Å². The fraction of sp³-hybridized carbons (Fsp3) is 0.636. The van der Waals surface area contributed by atoms with Gasteiger partial charge in [-0.1, -0.05) is 0 Å². The van der Waals surface area contributed by atoms with Crippen LogP contribution >= 0.6 is 22.6 Å². The molecule has 0 radical (unpaired) electrons. The van der Waals surface area contributed by atoms with Crippen LogP contribution in [0, 0.1) is 3.57 Å². The Morgan fingerprint density at radius 1 is 1.19 bits per heavy atom. The normalized spacial score (nSPS) is 22.4. The maximum atomic E-state index is 4.38. The monoisotopic (exact) mass is 330 g/mol. The van der Waals surface area contributed by atoms with Gasteiger partial charge in [-0.3, -0.25) is 4.90 Å². The largest absolute Gasteiger partial charge is 0.353 e. The highest BCUT2D eigenvalue weighted by atomic mass is 127. The number of piperazine rings is 1. The zero-order valence-corrected chi connectivity index (χ0v) is 11.3. The summed E-state index contributed by atoms with van der Waals surface area (Å²) < 4.78 is 1.15. The first-order valence-electron chi connectivity index (χ1n) is 5.79. The lowest BCUT2D eigenvalue weighted by atomic mass is 10.3. The van der Waals surface area contributed by atoms with Gasteiger partial charge in [0.05, 0.1) is 3.57 Å². The average Bonchev–Trinajstić information content (AvgIpc) is 3.14. The van der Waals surface area contributed by atoms with Crippen molar-refractivity contribution in [3.63, 3.8) is 0 Å². The summed E-state index contributed by atoms with van der Waals surface area (Å²) in [5.74, 6) is 1.10. The zero-order valence-electron chi connectivity index (χ0n) is 9.14. The molecule has 3 rings (SSSR count). The molecule has 2 aliphatic rings. The van der Waals surface area contributed by atoms with Gasteiger partial charge in [-0.25, -0.2) is 9.97 Å². The summed E-state index contributed by atoms with van der Waals surface area (Å²) in [5, 5.41) is 0. The van der Waals surface area contributed by atoms with Gasteiger partial charge in [-0.2, -0.15) is 0 Å². The molecule has 0 aromatic carbocycles. The van der Waals surface area contributed by atoms with Gasteiger partial charge in [0.2, 0.25) is 0 Å². The highest BCUT2D eigenvalue weighted by Gasteiger charge is 2.31. The summed E-state index contributed by atoms with van der Waals surface area (Å²) in [6.45, 7) is 4.57. The summed E-state index contributed by atoms with van der Waals surface area (Å²) in [5.41, 5.74) is 0. The number of rotatable bonds is 2. The second kappa shape index (κ2) is 4.44. The zero-order chi connectivity index (χ0) is 11.0. The van der Waals surface area contributed by atoms with Crippen LogP contribution in [0.3, 0.4) is 0 Å². The van der Waals surface area contributed by atoms with Gasteiger partial charge < -0.3 is 4.90 Å². The summed E-state index contributed by atoms with van der Waals surface area (Å²) in [4.78, 5) is 13.4. The highest BCUT2D eigenvalue weighted by Crippen LogP contribution is 2.28. The predicted octanol–water partition coefficient (Wildman–Crippen LogP) is 1.37. The van der Waals surface area contributed by atoms with Crippen molar-refractivity contribution in [2.75, 3.05) is 31.1 Å². The van der Waals surface area contributed by atoms with Crippen molar-refractivity contribution < 1.29 is 0 Å². The third-order valence-corrected chi connectivity index (χ3v) is 4.09. The van der Waals surface area contributed by atoms with E-state index in [1.54, 1.807) is 6.33 Å². The van der Waals surface area contributed by atoms with Crippen molar-refractivity contribution in [2.45, 2.75) is 18.9 Å². The smallest absolute Gasteiger partial charge is 0.145 e. The van der Waals surface area contributed by atoms with Crippen LogP contribution in [-0.2, 0) is 0 Å². The van der Waals surface area contributed by atoms with E-state index in [0.29, 0.717) is 0 Å². The van der Waals surface area contributed by atoms with Gasteiger partial charge in [0, 0.05) is 38.4 Å². The van der Waals surface area contributed by atoms with Crippen LogP contribution in [0.15, 0.2) is 12.5 Å². The Labute approximate surface area is 109 Å². The van der Waals surface area contributed by atoms with Crippen LogP contribution in [0.5, 0.6) is 0 Å². The summed E-state index contributed by atoms with van der Waals surface area (Å²) in [6.07, 6.45) is 6.34. The van der Waals surface area contributed by atoms with Gasteiger partial charge in [0.15, 0.2) is 0 Å². The van der Waals surface area contributed by atoms with Crippen molar-refractivity contribution in [1.82, 2.24) is 14.9 Å². The van der Waals surface area contributed by atoms with Crippen LogP contribution in [0.25, 0.3) is 0 Å². The van der Waals surface area contributed by atoms with Crippen LogP contribution in [0.2, 0.25) is 0 Å². The molecular formula is C11H15IN4. The van der Waals surface area contributed by atoms with E-state index in [2.05, 4.69) is 42.4 Å². The molecule has 2 fully saturated rings. The molecule has 0 N–H and O–H groups in total. The minimum atomic E-state index is 0.895. The lowest BCUT2D eigenvalue weighted by Gasteiger charge is -2.35. The fourth-order valence-corrected chi connectivity index (χ4v) is 2.92. The van der Waals surface area contributed by atoms with Gasteiger partial charge >= 0.3 is 0 Å². The molecule has 1 saturated carbocycles. The number of halogens is 1. The van der Waals surface area contributed by atoms with E-state index in [4.69, 9.17) is 0 Å². The number of anilines is 1. The Balaban J connectivity index is 1.67. The van der Waals surface area contributed by atoms with E-state index in [-0.39, 0.29) is 0 Å². The first kappa shape index (κ1) is 10.7. The van der Waals surface area contributed by atoms with E-state index in [9.17, 15) is 0 Å². The molecule has 0 unspecified atom stereocenters. The Hall–Kier alpha value is -0.430. The van der Waals surface area contributed by atoms with Crippen molar-refractivity contribution >= 4 is 28.4 Å². The summed E-state index contributed by atoms with van der Waals surface area (Å²) >= 11 is 2.31. The third kappa shape index (κ3) is 2.15. The first-order valence-corrected chi connectivity index (χ1v) is 6.87. The van der Waals surface area contributed by atoms with Crippen LogP contribution in [-0.4, -0.2) is 47.1 Å². The lowest BCUT2D eigenvalue weighted by Crippen LogP contribution is -2.47. The van der Waals surface area contributed by atoms with E-state index in [0.717, 1.165) is 28.5 Å². The molecule has 2 heterocycles. The minimum absolute atomic E-state index is 0.895. The molecule has 0 bridgehead atoms. The molecule has 0 amide bonds. The molecule has 5 heteroatoms. The van der Waals surface area contributed by atoms with Gasteiger partial charge in [-0.05, 0) is 35.4 Å². The summed E-state index contributed by atoms with van der Waals surface area (Å²) in [7, 11) is 0. The van der Waals surface area contributed by atoms with Gasteiger partial charge in [0.25, 0.3) is 0 Å². The van der Waals surface area contributed by atoms with Crippen molar-refractivity contribution in [1.29, 1.82) is 0 Å². The highest BCUT2D eigenvalue weighted by molar-refractivity contribution is 14.1. The first-order chi connectivity index (χ1) is 7.84. The lowest BCUT2D eigenvalue weighted by molar-refractivity contribution is 0.247. The molecule has 0 spiro atoms. The van der Waals surface area contributed by atoms with Crippen LogP contribution < -0.4 is 4.90 Å². The van der Waals surface area contributed by atoms with E-state index in [1.807, 2.05) is 6.20 Å². The topological polar surface area (TPSA) is 32.3 Å². The molecule has 1 aromatic rings. The molecule has 0 atom stereocenters. The fourth-order valence-electron chi connectivity index (χ4n) is 2.28. The van der Waals surface area contributed by atoms with Crippen LogP contribution in [0.4, 0.5) is 5.82 Å². The van der Waals surface area contributed by atoms with Gasteiger partial charge in [0.1, 0.15) is 12.1 Å². The second-order valence-corrected chi connectivity index (χ2v) is 5.61. The molecule has 1 aliphatic carbocycles. The average molecular weight is 330 g/mol. The quantitative estimate of drug-likeness (QED) is 0.767. The number of hydrogen-bond acceptors (Lipinski definition) is 4. The minimum Gasteiger partial charge on any atom is -0.353 e. The second-order valence-electron chi connectivity index (χ2n) is 4.45. The van der Waals surface area contributed by atoms with Crippen LogP contribution in [0.1, 0.15) is 12.8 Å². The molecule has 16 heavy (non-hydrogen) atoms. The maximum absolute atomic E-state index is 4.38. The summed E-state index contributed by atoms with van der Waals surface area (Å²) in [6, 6.07) is 0.895. The van der Waals surface area contributed by atoms with E-state index >= 15 is 0 Å². The molecule has 86 valence electrons. The Morgan fingerprint density at radius 2 is 1.94 bits per heavy atom. The number of aromatic nitrogens is 2. The molecule has 1 saturated heterocycles. The maximum Gasteiger partial charge on any atom is 0.145 e. The Kier molecular flexibility index (Phi) is 2.97. The predicted molar refractivity (Wildman–Crippen MR) is 71.6 cm³/mol. The molecular weight excluding hydrogens is 315 g/mol. The van der Waals surface area contributed by atoms with Crippen molar-refractivity contribution in [2.24, 2.45) is 0 Å². The Morgan fingerprint density at radius 3 is 2.56 bits per heavy atom. The third-order valence-electron chi connectivity index (χ3n) is 3.33. The molecule has 1 aromatic heterocycles.